The zero-order valence-electron chi connectivity index (χ0n) is 11.4. The number of rotatable bonds is 9. The summed E-state index contributed by atoms with van der Waals surface area (Å²) in [5, 5.41) is 0. The molecule has 0 heterocycles. The van der Waals surface area contributed by atoms with Crippen LogP contribution < -0.4 is 4.72 Å². The standard InChI is InChI=1S/C13H21NO4S/c1-3-12-6-4-5-7-13(12)14-19(15,16)11-10-18-9-8-17-2/h4-7,14H,3,8-11H2,1-2H3. The van der Waals surface area contributed by atoms with Gasteiger partial charge in [0, 0.05) is 7.11 Å². The molecule has 1 N–H and O–H groups in total. The fourth-order valence-corrected chi connectivity index (χ4v) is 2.53. The molecule has 0 saturated carbocycles. The lowest BCUT2D eigenvalue weighted by atomic mass is 10.1. The quantitative estimate of drug-likeness (QED) is 0.701. The molecule has 0 fully saturated rings. The van der Waals surface area contributed by atoms with Gasteiger partial charge in [-0.25, -0.2) is 8.42 Å². The number of ether oxygens (including phenoxy) is 2. The van der Waals surface area contributed by atoms with Crippen molar-refractivity contribution >= 4 is 15.7 Å². The van der Waals surface area contributed by atoms with Crippen molar-refractivity contribution in [1.29, 1.82) is 0 Å². The third kappa shape index (κ3) is 6.04. The molecular weight excluding hydrogens is 266 g/mol. The van der Waals surface area contributed by atoms with E-state index in [0.717, 1.165) is 12.0 Å². The lowest BCUT2D eigenvalue weighted by molar-refractivity contribution is 0.0785. The maximum Gasteiger partial charge on any atom is 0.235 e. The van der Waals surface area contributed by atoms with Crippen molar-refractivity contribution < 1.29 is 17.9 Å². The molecule has 108 valence electrons. The second-order valence-electron chi connectivity index (χ2n) is 4.04. The van der Waals surface area contributed by atoms with E-state index >= 15 is 0 Å². The van der Waals surface area contributed by atoms with Gasteiger partial charge >= 0.3 is 0 Å². The third-order valence-electron chi connectivity index (χ3n) is 2.59. The van der Waals surface area contributed by atoms with E-state index in [0.29, 0.717) is 18.9 Å². The molecule has 0 aliphatic heterocycles. The van der Waals surface area contributed by atoms with Gasteiger partial charge < -0.3 is 9.47 Å². The molecule has 19 heavy (non-hydrogen) atoms. The number of methoxy groups -OCH3 is 1. The molecule has 0 aliphatic rings. The van der Waals surface area contributed by atoms with E-state index in [2.05, 4.69) is 4.72 Å². The van der Waals surface area contributed by atoms with Crippen LogP contribution in [0, 0.1) is 0 Å². The molecule has 1 rings (SSSR count). The highest BCUT2D eigenvalue weighted by molar-refractivity contribution is 7.92. The van der Waals surface area contributed by atoms with Crippen LogP contribution in [0.4, 0.5) is 5.69 Å². The van der Waals surface area contributed by atoms with Crippen LogP contribution in [0.25, 0.3) is 0 Å². The Bertz CT molecular complexity index is 473. The molecule has 0 radical (unpaired) electrons. The van der Waals surface area contributed by atoms with Gasteiger partial charge in [0.2, 0.25) is 10.0 Å². The van der Waals surface area contributed by atoms with Gasteiger partial charge in [0.05, 0.1) is 31.3 Å². The predicted molar refractivity (Wildman–Crippen MR) is 75.9 cm³/mol. The average molecular weight is 287 g/mol. The Morgan fingerprint density at radius 1 is 1.16 bits per heavy atom. The minimum absolute atomic E-state index is 0.0608. The topological polar surface area (TPSA) is 64.6 Å². The second kappa shape index (κ2) is 8.14. The van der Waals surface area contributed by atoms with E-state index in [1.165, 1.54) is 0 Å². The Morgan fingerprint density at radius 2 is 1.89 bits per heavy atom. The van der Waals surface area contributed by atoms with E-state index < -0.39 is 10.0 Å². The summed E-state index contributed by atoms with van der Waals surface area (Å²) in [6.45, 7) is 3.01. The largest absolute Gasteiger partial charge is 0.382 e. The monoisotopic (exact) mass is 287 g/mol. The summed E-state index contributed by atoms with van der Waals surface area (Å²) < 4.78 is 36.3. The number of para-hydroxylation sites is 1. The fraction of sp³-hybridized carbons (Fsp3) is 0.538. The van der Waals surface area contributed by atoms with Crippen LogP contribution in [0.5, 0.6) is 0 Å². The Hall–Kier alpha value is -1.11. The van der Waals surface area contributed by atoms with Crippen LogP contribution in [0.1, 0.15) is 12.5 Å². The summed E-state index contributed by atoms with van der Waals surface area (Å²) in [6, 6.07) is 7.38. The zero-order chi connectivity index (χ0) is 14.1. The van der Waals surface area contributed by atoms with Gasteiger partial charge in [-0.2, -0.15) is 0 Å². The maximum absolute atomic E-state index is 11.9. The van der Waals surface area contributed by atoms with Crippen LogP contribution in [0.3, 0.4) is 0 Å². The summed E-state index contributed by atoms with van der Waals surface area (Å²) in [7, 11) is -1.80. The molecule has 0 unspecified atom stereocenters. The highest BCUT2D eigenvalue weighted by Gasteiger charge is 2.12. The molecule has 0 amide bonds. The lowest BCUT2D eigenvalue weighted by Gasteiger charge is -2.11. The molecule has 0 aromatic heterocycles. The Morgan fingerprint density at radius 3 is 2.58 bits per heavy atom. The molecule has 5 nitrogen and oxygen atoms in total. The maximum atomic E-state index is 11.9. The third-order valence-corrected chi connectivity index (χ3v) is 3.83. The van der Waals surface area contributed by atoms with Gasteiger partial charge in [-0.15, -0.1) is 0 Å². The SMILES string of the molecule is CCc1ccccc1NS(=O)(=O)CCOCCOC. The van der Waals surface area contributed by atoms with E-state index in [9.17, 15) is 8.42 Å². The van der Waals surface area contributed by atoms with Crippen LogP contribution in [-0.4, -0.2) is 41.1 Å². The number of anilines is 1. The average Bonchev–Trinajstić information content (AvgIpc) is 2.38. The Kier molecular flexibility index (Phi) is 6.83. The number of hydrogen-bond donors (Lipinski definition) is 1. The van der Waals surface area contributed by atoms with E-state index in [4.69, 9.17) is 9.47 Å². The van der Waals surface area contributed by atoms with Crippen molar-refractivity contribution in [2.45, 2.75) is 13.3 Å². The summed E-state index contributed by atoms with van der Waals surface area (Å²) in [5.41, 5.74) is 1.62. The highest BCUT2D eigenvalue weighted by Crippen LogP contribution is 2.16. The molecule has 0 spiro atoms. The molecule has 0 saturated heterocycles. The minimum Gasteiger partial charge on any atom is -0.382 e. The fourth-order valence-electron chi connectivity index (χ4n) is 1.56. The first-order valence-corrected chi connectivity index (χ1v) is 7.89. The smallest absolute Gasteiger partial charge is 0.235 e. The molecule has 1 aromatic carbocycles. The van der Waals surface area contributed by atoms with Crippen LogP contribution in [-0.2, 0) is 25.9 Å². The van der Waals surface area contributed by atoms with Crippen molar-refractivity contribution in [3.05, 3.63) is 29.8 Å². The molecular formula is C13H21NO4S. The molecule has 0 bridgehead atoms. The number of benzene rings is 1. The summed E-state index contributed by atoms with van der Waals surface area (Å²) in [5.74, 6) is -0.0608. The van der Waals surface area contributed by atoms with Gasteiger partial charge in [0.25, 0.3) is 0 Å². The van der Waals surface area contributed by atoms with Crippen molar-refractivity contribution in [2.24, 2.45) is 0 Å². The number of nitrogens with one attached hydrogen (secondary N) is 1. The second-order valence-corrected chi connectivity index (χ2v) is 5.88. The normalized spacial score (nSPS) is 11.5. The zero-order valence-corrected chi connectivity index (χ0v) is 12.2. The first kappa shape index (κ1) is 15.9. The summed E-state index contributed by atoms with van der Waals surface area (Å²) >= 11 is 0. The van der Waals surface area contributed by atoms with Crippen molar-refractivity contribution in [1.82, 2.24) is 0 Å². The first-order chi connectivity index (χ1) is 9.09. The van der Waals surface area contributed by atoms with E-state index in [1.54, 1.807) is 13.2 Å². The Balaban J connectivity index is 2.50. The van der Waals surface area contributed by atoms with Crippen LogP contribution >= 0.6 is 0 Å². The van der Waals surface area contributed by atoms with Crippen molar-refractivity contribution in [3.8, 4) is 0 Å². The van der Waals surface area contributed by atoms with Crippen molar-refractivity contribution in [3.63, 3.8) is 0 Å². The highest BCUT2D eigenvalue weighted by atomic mass is 32.2. The van der Waals surface area contributed by atoms with Crippen LogP contribution in [0.15, 0.2) is 24.3 Å². The lowest BCUT2D eigenvalue weighted by Crippen LogP contribution is -2.21. The molecule has 6 heteroatoms. The van der Waals surface area contributed by atoms with Gasteiger partial charge in [-0.05, 0) is 18.1 Å². The van der Waals surface area contributed by atoms with Gasteiger partial charge in [0.1, 0.15) is 0 Å². The number of aryl methyl sites for hydroxylation is 1. The summed E-state index contributed by atoms with van der Waals surface area (Å²) in [6.07, 6.45) is 0.781. The van der Waals surface area contributed by atoms with E-state index in [1.807, 2.05) is 25.1 Å². The molecule has 1 aromatic rings. The predicted octanol–water partition coefficient (Wildman–Crippen LogP) is 1.65. The number of hydrogen-bond acceptors (Lipinski definition) is 4. The van der Waals surface area contributed by atoms with Gasteiger partial charge in [-0.3, -0.25) is 4.72 Å². The number of sulfonamides is 1. The van der Waals surface area contributed by atoms with Crippen LogP contribution in [0.2, 0.25) is 0 Å². The first-order valence-electron chi connectivity index (χ1n) is 6.24. The Labute approximate surface area is 115 Å². The van der Waals surface area contributed by atoms with Crippen molar-refractivity contribution in [2.75, 3.05) is 37.4 Å². The summed E-state index contributed by atoms with van der Waals surface area (Å²) in [4.78, 5) is 0. The molecule has 0 aliphatic carbocycles. The van der Waals surface area contributed by atoms with Gasteiger partial charge in [-0.1, -0.05) is 25.1 Å². The van der Waals surface area contributed by atoms with E-state index in [-0.39, 0.29) is 12.4 Å². The minimum atomic E-state index is -3.37. The molecule has 0 atom stereocenters. The van der Waals surface area contributed by atoms with Gasteiger partial charge in [0.15, 0.2) is 0 Å².